The summed E-state index contributed by atoms with van der Waals surface area (Å²) in [5.74, 6) is 1.68. The van der Waals surface area contributed by atoms with E-state index in [9.17, 15) is 4.79 Å². The van der Waals surface area contributed by atoms with Crippen LogP contribution in [-0.4, -0.2) is 34.0 Å². The van der Waals surface area contributed by atoms with Gasteiger partial charge in [-0.2, -0.15) is 0 Å². The minimum atomic E-state index is -0.0866. The molecule has 0 unspecified atom stereocenters. The molecule has 0 saturated carbocycles. The van der Waals surface area contributed by atoms with Crippen molar-refractivity contribution in [3.8, 4) is 0 Å². The van der Waals surface area contributed by atoms with Crippen molar-refractivity contribution in [3.63, 3.8) is 0 Å². The van der Waals surface area contributed by atoms with Crippen molar-refractivity contribution in [1.82, 2.24) is 15.0 Å². The van der Waals surface area contributed by atoms with Crippen molar-refractivity contribution in [2.75, 3.05) is 13.1 Å². The normalized spacial score (nSPS) is 18.2. The van der Waals surface area contributed by atoms with Gasteiger partial charge in [-0.3, -0.25) is 4.79 Å². The third-order valence-electron chi connectivity index (χ3n) is 4.68. The van der Waals surface area contributed by atoms with Crippen molar-refractivity contribution in [3.05, 3.63) is 47.7 Å². The molecule has 4 rings (SSSR count). The van der Waals surface area contributed by atoms with E-state index in [1.807, 2.05) is 43.0 Å². The van der Waals surface area contributed by atoms with Crippen molar-refractivity contribution in [2.24, 2.45) is 0 Å². The van der Waals surface area contributed by atoms with Gasteiger partial charge in [-0.05, 0) is 25.0 Å². The molecule has 1 saturated heterocycles. The van der Waals surface area contributed by atoms with Crippen molar-refractivity contribution in [1.29, 1.82) is 0 Å². The van der Waals surface area contributed by atoms with Gasteiger partial charge in [0.25, 0.3) is 5.91 Å². The molecule has 1 aliphatic rings. The van der Waals surface area contributed by atoms with Gasteiger partial charge < -0.3 is 13.8 Å². The summed E-state index contributed by atoms with van der Waals surface area (Å²) in [5, 5.41) is 3.94. The second-order valence-electron chi connectivity index (χ2n) is 6.88. The topological polar surface area (TPSA) is 72.4 Å². The summed E-state index contributed by atoms with van der Waals surface area (Å²) in [6.07, 6.45) is 1.89. The predicted octanol–water partition coefficient (Wildman–Crippen LogP) is 3.96. The Labute approximate surface area is 145 Å². The SMILES string of the molecule is CC(C)c1cc(C(=O)N2CCC[C@H](c3nc4ccccc4o3)C2)no1. The maximum atomic E-state index is 12.7. The molecule has 1 atom stereocenters. The van der Waals surface area contributed by atoms with E-state index in [0.717, 1.165) is 36.2 Å². The zero-order valence-electron chi connectivity index (χ0n) is 14.4. The molecular formula is C19H21N3O3. The standard InChI is InChI=1S/C19H21N3O3/c1-12(2)17-10-15(21-25-17)19(23)22-9-5-6-13(11-22)18-20-14-7-3-4-8-16(14)24-18/h3-4,7-8,10,12-13H,5-6,9,11H2,1-2H3/t13-/m0/s1. The summed E-state index contributed by atoms with van der Waals surface area (Å²) < 4.78 is 11.2. The number of carbonyl (C=O) groups excluding carboxylic acids is 1. The maximum Gasteiger partial charge on any atom is 0.276 e. The molecular weight excluding hydrogens is 318 g/mol. The van der Waals surface area contributed by atoms with Gasteiger partial charge in [0.15, 0.2) is 17.2 Å². The molecule has 25 heavy (non-hydrogen) atoms. The number of rotatable bonds is 3. The van der Waals surface area contributed by atoms with E-state index >= 15 is 0 Å². The number of hydrogen-bond donors (Lipinski definition) is 0. The molecule has 6 heteroatoms. The molecule has 0 bridgehead atoms. The number of benzene rings is 1. The van der Waals surface area contributed by atoms with Gasteiger partial charge in [0, 0.05) is 25.1 Å². The number of hydrogen-bond acceptors (Lipinski definition) is 5. The predicted molar refractivity (Wildman–Crippen MR) is 92.5 cm³/mol. The molecule has 3 heterocycles. The summed E-state index contributed by atoms with van der Waals surface area (Å²) >= 11 is 0. The lowest BCUT2D eigenvalue weighted by atomic mass is 9.97. The number of carbonyl (C=O) groups is 1. The average molecular weight is 339 g/mol. The first-order valence-electron chi connectivity index (χ1n) is 8.73. The minimum absolute atomic E-state index is 0.0866. The zero-order valence-corrected chi connectivity index (χ0v) is 14.4. The van der Waals surface area contributed by atoms with Crippen LogP contribution in [-0.2, 0) is 0 Å². The van der Waals surface area contributed by atoms with Gasteiger partial charge >= 0.3 is 0 Å². The maximum absolute atomic E-state index is 12.7. The lowest BCUT2D eigenvalue weighted by Gasteiger charge is -2.30. The molecule has 0 aliphatic carbocycles. The fourth-order valence-electron chi connectivity index (χ4n) is 3.25. The van der Waals surface area contributed by atoms with Gasteiger partial charge in [-0.25, -0.2) is 4.98 Å². The second kappa shape index (κ2) is 6.35. The molecule has 1 aromatic carbocycles. The van der Waals surface area contributed by atoms with Crippen LogP contribution in [0, 0.1) is 0 Å². The highest BCUT2D eigenvalue weighted by Gasteiger charge is 2.30. The first-order valence-corrected chi connectivity index (χ1v) is 8.73. The van der Waals surface area contributed by atoms with Crippen LogP contribution in [0.4, 0.5) is 0 Å². The summed E-state index contributed by atoms with van der Waals surface area (Å²) in [4.78, 5) is 19.2. The molecule has 1 amide bonds. The molecule has 6 nitrogen and oxygen atoms in total. The van der Waals surface area contributed by atoms with Gasteiger partial charge in [0.05, 0.1) is 5.92 Å². The lowest BCUT2D eigenvalue weighted by Crippen LogP contribution is -2.39. The number of fused-ring (bicyclic) bond motifs is 1. The molecule has 0 radical (unpaired) electrons. The molecule has 3 aromatic rings. The Kier molecular flexibility index (Phi) is 4.03. The first kappa shape index (κ1) is 15.9. The molecule has 130 valence electrons. The van der Waals surface area contributed by atoms with Crippen LogP contribution in [0.15, 0.2) is 39.3 Å². The van der Waals surface area contributed by atoms with Crippen LogP contribution in [0.1, 0.15) is 60.7 Å². The van der Waals surface area contributed by atoms with Crippen LogP contribution in [0.3, 0.4) is 0 Å². The third kappa shape index (κ3) is 3.04. The Morgan fingerprint density at radius 2 is 2.16 bits per heavy atom. The fraction of sp³-hybridized carbons (Fsp3) is 0.421. The minimum Gasteiger partial charge on any atom is -0.440 e. The number of piperidine rings is 1. The highest BCUT2D eigenvalue weighted by atomic mass is 16.5. The van der Waals surface area contributed by atoms with E-state index < -0.39 is 0 Å². The Balaban J connectivity index is 1.52. The first-order chi connectivity index (χ1) is 12.1. The average Bonchev–Trinajstić information content (AvgIpc) is 3.28. The van der Waals surface area contributed by atoms with E-state index in [2.05, 4.69) is 10.1 Å². The summed E-state index contributed by atoms with van der Waals surface area (Å²) in [5.41, 5.74) is 2.03. The Bertz CT molecular complexity index is 863. The fourth-order valence-corrected chi connectivity index (χ4v) is 3.25. The van der Waals surface area contributed by atoms with E-state index in [-0.39, 0.29) is 17.7 Å². The summed E-state index contributed by atoms with van der Waals surface area (Å²) in [7, 11) is 0. The van der Waals surface area contributed by atoms with Gasteiger partial charge in [-0.15, -0.1) is 0 Å². The Morgan fingerprint density at radius 1 is 1.32 bits per heavy atom. The molecule has 0 spiro atoms. The van der Waals surface area contributed by atoms with Crippen LogP contribution < -0.4 is 0 Å². The lowest BCUT2D eigenvalue weighted by molar-refractivity contribution is 0.0688. The molecule has 2 aromatic heterocycles. The van der Waals surface area contributed by atoms with E-state index in [4.69, 9.17) is 8.94 Å². The number of oxazole rings is 1. The number of nitrogens with zero attached hydrogens (tertiary/aromatic N) is 3. The van der Waals surface area contributed by atoms with Crippen LogP contribution in [0.25, 0.3) is 11.1 Å². The van der Waals surface area contributed by atoms with Crippen LogP contribution in [0.5, 0.6) is 0 Å². The molecule has 1 fully saturated rings. The largest absolute Gasteiger partial charge is 0.440 e. The Hall–Kier alpha value is -2.63. The number of amides is 1. The van der Waals surface area contributed by atoms with Crippen molar-refractivity contribution < 1.29 is 13.7 Å². The quantitative estimate of drug-likeness (QED) is 0.722. The van der Waals surface area contributed by atoms with E-state index in [0.29, 0.717) is 18.1 Å². The van der Waals surface area contributed by atoms with Crippen molar-refractivity contribution >= 4 is 17.0 Å². The Morgan fingerprint density at radius 3 is 2.92 bits per heavy atom. The van der Waals surface area contributed by atoms with Crippen LogP contribution in [0.2, 0.25) is 0 Å². The van der Waals surface area contributed by atoms with Gasteiger partial charge in [-0.1, -0.05) is 31.1 Å². The van der Waals surface area contributed by atoms with Gasteiger partial charge in [0.1, 0.15) is 11.3 Å². The zero-order chi connectivity index (χ0) is 17.4. The number of para-hydroxylation sites is 2. The van der Waals surface area contributed by atoms with E-state index in [1.54, 1.807) is 6.07 Å². The number of likely N-dealkylation sites (tertiary alicyclic amines) is 1. The molecule has 1 aliphatic heterocycles. The van der Waals surface area contributed by atoms with Crippen LogP contribution >= 0.6 is 0 Å². The van der Waals surface area contributed by atoms with Crippen molar-refractivity contribution in [2.45, 2.75) is 38.5 Å². The third-order valence-corrected chi connectivity index (χ3v) is 4.68. The number of aromatic nitrogens is 2. The summed E-state index contributed by atoms with van der Waals surface area (Å²) in [6.45, 7) is 5.34. The van der Waals surface area contributed by atoms with Gasteiger partial charge in [0.2, 0.25) is 0 Å². The van der Waals surface area contributed by atoms with E-state index in [1.165, 1.54) is 0 Å². The second-order valence-corrected chi connectivity index (χ2v) is 6.88. The monoisotopic (exact) mass is 339 g/mol. The highest BCUT2D eigenvalue weighted by Crippen LogP contribution is 2.29. The smallest absolute Gasteiger partial charge is 0.276 e. The summed E-state index contributed by atoms with van der Waals surface area (Å²) in [6, 6.07) is 9.49. The molecule has 0 N–H and O–H groups in total. The highest BCUT2D eigenvalue weighted by molar-refractivity contribution is 5.92.